The van der Waals surface area contributed by atoms with Crippen LogP contribution in [0.25, 0.3) is 9.81 Å². The summed E-state index contributed by atoms with van der Waals surface area (Å²) in [4.78, 5) is 0. The first kappa shape index (κ1) is 11.0. The van der Waals surface area contributed by atoms with Gasteiger partial charge < -0.3 is 0 Å². The number of hydrogen-bond donors (Lipinski definition) is 0. The van der Waals surface area contributed by atoms with Gasteiger partial charge in [-0.05, 0) is 16.0 Å². The Labute approximate surface area is 103 Å². The first-order valence-corrected chi connectivity index (χ1v) is 6.31. The van der Waals surface area contributed by atoms with E-state index in [1.54, 1.807) is 23.5 Å². The predicted octanol–water partition coefficient (Wildman–Crippen LogP) is 2.01. The molecule has 0 aliphatic carbocycles. The van der Waals surface area contributed by atoms with Gasteiger partial charge in [0.2, 0.25) is 0 Å². The minimum absolute atomic E-state index is 0.376. The number of thioether (sulfide) groups is 2. The molecule has 0 atom stereocenters. The Bertz CT molecular complexity index is 592. The molecule has 0 spiro atoms. The van der Waals surface area contributed by atoms with Crippen molar-refractivity contribution in [2.24, 2.45) is 0 Å². The zero-order valence-electron chi connectivity index (χ0n) is 8.31. The molecule has 1 aromatic carbocycles. The van der Waals surface area contributed by atoms with Crippen LogP contribution < -0.4 is 10.4 Å². The minimum Gasteiger partial charge on any atom is -0.192 e. The lowest BCUT2D eigenvalue weighted by Gasteiger charge is -1.94. The molecule has 0 amide bonds. The van der Waals surface area contributed by atoms with E-state index in [2.05, 4.69) is 16.7 Å². The lowest BCUT2D eigenvalue weighted by Crippen LogP contribution is -2.10. The molecule has 76 valence electrons. The monoisotopic (exact) mass is 241 g/mol. The molecule has 2 rings (SSSR count). The van der Waals surface area contributed by atoms with Gasteiger partial charge in [-0.2, -0.15) is 5.26 Å². The molecule has 0 N–H and O–H groups in total. The molecule has 0 saturated heterocycles. The van der Waals surface area contributed by atoms with Gasteiger partial charge >= 0.3 is 0 Å². The molecule has 1 aliphatic heterocycles. The third-order valence-corrected chi connectivity index (χ3v) is 4.26. The van der Waals surface area contributed by atoms with Crippen molar-refractivity contribution in [3.05, 3.63) is 45.5 Å². The highest BCUT2D eigenvalue weighted by Crippen LogP contribution is 2.37. The maximum Gasteiger partial charge on any atom is 0.109 e. The van der Waals surface area contributed by atoms with Crippen LogP contribution in [0.1, 0.15) is 0 Å². The molecule has 16 heavy (non-hydrogen) atoms. The molecule has 0 aromatic heterocycles. The molecule has 1 nitrogen and oxygen atoms in total. The maximum absolute atomic E-state index is 8.81. The van der Waals surface area contributed by atoms with Crippen LogP contribution in [0.2, 0.25) is 0 Å². The zero-order valence-corrected chi connectivity index (χ0v) is 9.94. The van der Waals surface area contributed by atoms with E-state index in [0.29, 0.717) is 5.57 Å². The molecule has 1 aromatic rings. The van der Waals surface area contributed by atoms with Crippen LogP contribution in [0.4, 0.5) is 0 Å². The molecule has 3 heteroatoms. The van der Waals surface area contributed by atoms with Crippen LogP contribution >= 0.6 is 23.5 Å². The Morgan fingerprint density at radius 2 is 1.75 bits per heavy atom. The van der Waals surface area contributed by atoms with Crippen molar-refractivity contribution in [1.82, 2.24) is 0 Å². The summed E-state index contributed by atoms with van der Waals surface area (Å²) in [5.74, 6) is 2.38. The number of rotatable bonds is 0. The summed E-state index contributed by atoms with van der Waals surface area (Å²) in [5, 5.41) is 14.9. The molecular formula is C13H7NS2. The third-order valence-electron chi connectivity index (χ3n) is 2.07. The Morgan fingerprint density at radius 3 is 2.25 bits per heavy atom. The normalized spacial score (nSPS) is 13.2. The van der Waals surface area contributed by atoms with Crippen molar-refractivity contribution in [1.29, 1.82) is 5.26 Å². The van der Waals surface area contributed by atoms with Gasteiger partial charge in [0.25, 0.3) is 0 Å². The van der Waals surface area contributed by atoms with Crippen molar-refractivity contribution >= 4 is 33.3 Å². The standard InChI is InChI=1S/C13H7NS2/c1-2-10(9-14)11-3-5-12(6-4-11)13-15-7-8-16-13/h1,3-8H. The third kappa shape index (κ3) is 2.17. The number of terminal acetylenes is 1. The average Bonchev–Trinajstić information content (AvgIpc) is 2.85. The largest absolute Gasteiger partial charge is 0.192 e. The Kier molecular flexibility index (Phi) is 3.41. The number of nitriles is 1. The Balaban J connectivity index is 2.54. The van der Waals surface area contributed by atoms with Crippen LogP contribution in [-0.4, -0.2) is 0 Å². The van der Waals surface area contributed by atoms with Gasteiger partial charge in [0.1, 0.15) is 11.6 Å². The molecule has 1 aliphatic rings. The zero-order chi connectivity index (χ0) is 11.4. The fraction of sp³-hybridized carbons (Fsp3) is 0. The van der Waals surface area contributed by atoms with E-state index in [1.165, 1.54) is 4.24 Å². The predicted molar refractivity (Wildman–Crippen MR) is 71.3 cm³/mol. The van der Waals surface area contributed by atoms with Gasteiger partial charge in [-0.3, -0.25) is 0 Å². The fourth-order valence-corrected chi connectivity index (χ4v) is 3.09. The second kappa shape index (κ2) is 4.99. The molecule has 0 bridgehead atoms. The highest BCUT2D eigenvalue weighted by atomic mass is 32.2. The van der Waals surface area contributed by atoms with E-state index >= 15 is 0 Å². The van der Waals surface area contributed by atoms with Crippen molar-refractivity contribution in [2.75, 3.05) is 0 Å². The highest BCUT2D eigenvalue weighted by Gasteiger charge is 2.02. The van der Waals surface area contributed by atoms with Crippen molar-refractivity contribution in [2.45, 2.75) is 0 Å². The summed E-state index contributed by atoms with van der Waals surface area (Å²) >= 11 is 3.42. The molecule has 0 saturated carbocycles. The van der Waals surface area contributed by atoms with Gasteiger partial charge in [0.15, 0.2) is 0 Å². The smallest absolute Gasteiger partial charge is 0.109 e. The van der Waals surface area contributed by atoms with E-state index in [1.807, 2.05) is 30.3 Å². The number of hydrogen-bond acceptors (Lipinski definition) is 3. The van der Waals surface area contributed by atoms with E-state index in [-0.39, 0.29) is 0 Å². The van der Waals surface area contributed by atoms with Gasteiger partial charge in [-0.15, -0.1) is 6.42 Å². The van der Waals surface area contributed by atoms with Crippen molar-refractivity contribution in [3.63, 3.8) is 0 Å². The lowest BCUT2D eigenvalue weighted by atomic mass is 10.2. The molecular weight excluding hydrogens is 234 g/mol. The van der Waals surface area contributed by atoms with Crippen LogP contribution in [0, 0.1) is 23.7 Å². The van der Waals surface area contributed by atoms with Crippen LogP contribution in [0.3, 0.4) is 0 Å². The first-order chi connectivity index (χ1) is 7.85. The van der Waals surface area contributed by atoms with Crippen molar-refractivity contribution < 1.29 is 0 Å². The van der Waals surface area contributed by atoms with Gasteiger partial charge in [0.05, 0.1) is 4.24 Å². The fourth-order valence-electron chi connectivity index (χ4n) is 1.30. The summed E-state index contributed by atoms with van der Waals surface area (Å²) in [6.45, 7) is 0. The van der Waals surface area contributed by atoms with Crippen LogP contribution in [0.15, 0.2) is 35.1 Å². The number of nitrogens with zero attached hydrogens (tertiary/aromatic N) is 1. The summed E-state index contributed by atoms with van der Waals surface area (Å²) in [6.07, 6.45) is 5.24. The molecule has 0 unspecified atom stereocenters. The summed E-state index contributed by atoms with van der Waals surface area (Å²) < 4.78 is 1.26. The summed E-state index contributed by atoms with van der Waals surface area (Å²) in [6, 6.07) is 9.77. The molecule has 1 heterocycles. The molecule has 0 fully saturated rings. The van der Waals surface area contributed by atoms with Gasteiger partial charge in [-0.25, -0.2) is 0 Å². The second-order valence-corrected chi connectivity index (χ2v) is 5.09. The first-order valence-electron chi connectivity index (χ1n) is 4.55. The minimum atomic E-state index is 0.376. The van der Waals surface area contributed by atoms with Crippen LogP contribution in [-0.2, 0) is 0 Å². The summed E-state index contributed by atoms with van der Waals surface area (Å²) in [7, 11) is 0. The quantitative estimate of drug-likeness (QED) is 0.649. The van der Waals surface area contributed by atoms with E-state index in [0.717, 1.165) is 10.4 Å². The SMILES string of the molecule is C#CC(C#N)=c1ccc(=C2SC=CS2)cc1. The Morgan fingerprint density at radius 1 is 1.12 bits per heavy atom. The van der Waals surface area contributed by atoms with E-state index in [4.69, 9.17) is 11.7 Å². The summed E-state index contributed by atoms with van der Waals surface area (Å²) in [5.41, 5.74) is 0.376. The van der Waals surface area contributed by atoms with Crippen molar-refractivity contribution in [3.8, 4) is 18.4 Å². The second-order valence-electron chi connectivity index (χ2n) is 3.00. The van der Waals surface area contributed by atoms with Gasteiger partial charge in [0, 0.05) is 5.22 Å². The lowest BCUT2D eigenvalue weighted by molar-refractivity contribution is 1.51. The van der Waals surface area contributed by atoms with E-state index in [9.17, 15) is 0 Å². The van der Waals surface area contributed by atoms with Gasteiger partial charge in [-0.1, -0.05) is 53.7 Å². The highest BCUT2D eigenvalue weighted by molar-refractivity contribution is 8.34. The maximum atomic E-state index is 8.81. The number of benzene rings is 1. The molecule has 0 radical (unpaired) electrons. The van der Waals surface area contributed by atoms with Crippen LogP contribution in [0.5, 0.6) is 0 Å². The topological polar surface area (TPSA) is 23.8 Å². The van der Waals surface area contributed by atoms with E-state index < -0.39 is 0 Å². The Hall–Kier alpha value is -1.55. The average molecular weight is 241 g/mol.